The summed E-state index contributed by atoms with van der Waals surface area (Å²) in [5, 5.41) is 21.7. The predicted molar refractivity (Wildman–Crippen MR) is 152 cm³/mol. The first-order valence-corrected chi connectivity index (χ1v) is 13.3. The molecule has 44 heavy (non-hydrogen) atoms. The van der Waals surface area contributed by atoms with Crippen molar-refractivity contribution in [2.75, 3.05) is 36.2 Å². The number of benzene rings is 2. The zero-order chi connectivity index (χ0) is 32.9. The van der Waals surface area contributed by atoms with Crippen LogP contribution >= 0.6 is 12.2 Å². The molecule has 2 aliphatic heterocycles. The maximum absolute atomic E-state index is 13.7. The minimum atomic E-state index is -1.08. The Bertz CT molecular complexity index is 1410. The number of anilines is 2. The van der Waals surface area contributed by atoms with E-state index in [0.29, 0.717) is 0 Å². The highest BCUT2D eigenvalue weighted by Gasteiger charge is 2.37. The van der Waals surface area contributed by atoms with E-state index in [1.165, 1.54) is 11.8 Å². The summed E-state index contributed by atoms with van der Waals surface area (Å²) in [6, 6.07) is 1.80. The largest absolute Gasteiger partial charge is 0.484 e. The first-order valence-electron chi connectivity index (χ1n) is 12.9. The van der Waals surface area contributed by atoms with Gasteiger partial charge in [-0.3, -0.25) is 29.9 Å². The van der Waals surface area contributed by atoms with Crippen molar-refractivity contribution in [3.05, 3.63) is 56.1 Å². The van der Waals surface area contributed by atoms with Gasteiger partial charge >= 0.3 is 23.3 Å². The maximum atomic E-state index is 13.7. The molecule has 0 saturated carbocycles. The first kappa shape index (κ1) is 33.5. The molecule has 0 fully saturated rings. The summed E-state index contributed by atoms with van der Waals surface area (Å²) >= 11 is 5.15. The number of ether oxygens (including phenoxy) is 4. The Morgan fingerprint density at radius 3 is 1.70 bits per heavy atom. The molecular formula is C26H26F2N4O11S. The van der Waals surface area contributed by atoms with Crippen LogP contribution in [0.4, 0.5) is 31.5 Å². The van der Waals surface area contributed by atoms with Crippen LogP contribution in [-0.4, -0.2) is 71.2 Å². The van der Waals surface area contributed by atoms with E-state index in [2.05, 4.69) is 0 Å². The number of hydrogen-bond donors (Lipinski definition) is 0. The molecule has 0 N–H and O–H groups in total. The minimum absolute atomic E-state index is 0.0245. The lowest BCUT2D eigenvalue weighted by atomic mass is 10.1. The molecule has 236 valence electrons. The number of carbonyl (C=O) groups is 3. The van der Waals surface area contributed by atoms with Gasteiger partial charge < -0.3 is 23.8 Å². The van der Waals surface area contributed by atoms with Gasteiger partial charge in [0, 0.05) is 24.3 Å². The Kier molecular flexibility index (Phi) is 10.6. The van der Waals surface area contributed by atoms with Gasteiger partial charge in [0.15, 0.2) is 6.61 Å². The Hall–Kier alpha value is -5.00. The zero-order valence-corrected chi connectivity index (χ0v) is 24.6. The number of esters is 2. The predicted octanol–water partition coefficient (Wildman–Crippen LogP) is 3.62. The normalized spacial score (nSPS) is 14.9. The Balaban J connectivity index is 0.000000240. The standard InChI is InChI=1S/C13H13FN2O6.C13H13FN2O5S/c1-3-21-13(18)7(2)15-10-5-9(16(19)20)8(14)4-11(10)22-6-12(15)17;1-3-20-13(17)7(2)15-10-5-9(16(18)19)8(14)4-11(10)21-6-12(15)22/h2*4-5,7H,3,6H2,1-2H3. The molecule has 0 bridgehead atoms. The van der Waals surface area contributed by atoms with Crippen LogP contribution in [0.15, 0.2) is 24.3 Å². The van der Waals surface area contributed by atoms with Crippen molar-refractivity contribution in [2.45, 2.75) is 39.8 Å². The van der Waals surface area contributed by atoms with Gasteiger partial charge in [-0.15, -0.1) is 0 Å². The fourth-order valence-electron chi connectivity index (χ4n) is 4.23. The number of rotatable bonds is 8. The average molecular weight is 641 g/mol. The molecule has 0 aromatic heterocycles. The topological polar surface area (TPSA) is 181 Å². The van der Waals surface area contributed by atoms with Gasteiger partial charge in [-0.05, 0) is 27.7 Å². The molecule has 2 unspecified atom stereocenters. The summed E-state index contributed by atoms with van der Waals surface area (Å²) in [4.78, 5) is 58.3. The molecule has 4 rings (SSSR count). The molecule has 15 nitrogen and oxygen atoms in total. The van der Waals surface area contributed by atoms with E-state index in [9.17, 15) is 43.4 Å². The highest BCUT2D eigenvalue weighted by atomic mass is 32.1. The van der Waals surface area contributed by atoms with Crippen molar-refractivity contribution in [3.63, 3.8) is 0 Å². The Labute approximate surface area is 253 Å². The molecule has 18 heteroatoms. The third kappa shape index (κ3) is 6.96. The van der Waals surface area contributed by atoms with Gasteiger partial charge in [0.25, 0.3) is 5.91 Å². The average Bonchev–Trinajstić information content (AvgIpc) is 2.96. The van der Waals surface area contributed by atoms with Crippen molar-refractivity contribution in [2.24, 2.45) is 0 Å². The molecule has 2 atom stereocenters. The number of carbonyl (C=O) groups excluding carboxylic acids is 3. The molecule has 2 aromatic carbocycles. The van der Waals surface area contributed by atoms with Gasteiger partial charge in [-0.25, -0.2) is 9.59 Å². The lowest BCUT2D eigenvalue weighted by molar-refractivity contribution is -0.387. The van der Waals surface area contributed by atoms with Gasteiger partial charge in [-0.2, -0.15) is 8.78 Å². The summed E-state index contributed by atoms with van der Waals surface area (Å²) in [5.74, 6) is -3.83. The van der Waals surface area contributed by atoms with Crippen LogP contribution in [0.25, 0.3) is 0 Å². The molecule has 2 aromatic rings. The third-order valence-electron chi connectivity index (χ3n) is 6.24. The van der Waals surface area contributed by atoms with E-state index in [-0.39, 0.29) is 47.7 Å². The van der Waals surface area contributed by atoms with E-state index in [1.807, 2.05) is 0 Å². The van der Waals surface area contributed by atoms with Crippen LogP contribution in [0.2, 0.25) is 0 Å². The molecule has 2 aliphatic rings. The number of nitrogens with zero attached hydrogens (tertiary/aromatic N) is 4. The molecular weight excluding hydrogens is 614 g/mol. The van der Waals surface area contributed by atoms with Crippen LogP contribution in [-0.2, 0) is 23.9 Å². The number of thiocarbonyl (C=S) groups is 1. The number of fused-ring (bicyclic) bond motifs is 2. The summed E-state index contributed by atoms with van der Waals surface area (Å²) in [5.41, 5.74) is -1.39. The monoisotopic (exact) mass is 640 g/mol. The molecule has 0 saturated heterocycles. The number of halogens is 2. The smallest absolute Gasteiger partial charge is 0.328 e. The van der Waals surface area contributed by atoms with E-state index >= 15 is 0 Å². The van der Waals surface area contributed by atoms with Crippen LogP contribution in [0.3, 0.4) is 0 Å². The molecule has 2 heterocycles. The van der Waals surface area contributed by atoms with Crippen molar-refractivity contribution in [1.82, 2.24) is 0 Å². The highest BCUT2D eigenvalue weighted by molar-refractivity contribution is 7.80. The van der Waals surface area contributed by atoms with Gasteiger partial charge in [0.1, 0.15) is 35.2 Å². The van der Waals surface area contributed by atoms with Crippen LogP contribution in [0.5, 0.6) is 11.5 Å². The SMILES string of the molecule is CCOC(=O)C(C)N1C(=O)COc2cc(F)c([N+](=O)[O-])cc21.CCOC(=O)C(C)N1C(=S)COc2cc(F)c([N+](=O)[O-])cc21. The number of nitro benzene ring substituents is 2. The van der Waals surface area contributed by atoms with E-state index in [4.69, 9.17) is 31.2 Å². The minimum Gasteiger partial charge on any atom is -0.484 e. The fourth-order valence-corrected chi connectivity index (χ4v) is 4.54. The number of hydrogen-bond acceptors (Lipinski definition) is 12. The molecule has 1 amide bonds. The maximum Gasteiger partial charge on any atom is 0.328 e. The summed E-state index contributed by atoms with van der Waals surface area (Å²) in [6.07, 6.45) is 0. The third-order valence-corrected chi connectivity index (χ3v) is 6.55. The van der Waals surface area contributed by atoms with Crippen molar-refractivity contribution >= 4 is 57.8 Å². The Morgan fingerprint density at radius 2 is 1.27 bits per heavy atom. The van der Waals surface area contributed by atoms with Gasteiger partial charge in [0.2, 0.25) is 11.6 Å². The van der Waals surface area contributed by atoms with Crippen molar-refractivity contribution in [1.29, 1.82) is 0 Å². The van der Waals surface area contributed by atoms with Crippen LogP contribution in [0.1, 0.15) is 27.7 Å². The van der Waals surface area contributed by atoms with Crippen molar-refractivity contribution < 1.29 is 52.0 Å². The first-order chi connectivity index (χ1) is 20.7. The van der Waals surface area contributed by atoms with Gasteiger partial charge in [0.05, 0.1) is 34.4 Å². The van der Waals surface area contributed by atoms with Gasteiger partial charge in [-0.1, -0.05) is 12.2 Å². The van der Waals surface area contributed by atoms with E-state index in [0.717, 1.165) is 29.2 Å². The van der Waals surface area contributed by atoms with E-state index in [1.54, 1.807) is 20.8 Å². The number of amides is 1. The lowest BCUT2D eigenvalue weighted by Crippen LogP contribution is -2.48. The highest BCUT2D eigenvalue weighted by Crippen LogP contribution is 2.39. The van der Waals surface area contributed by atoms with Crippen LogP contribution < -0.4 is 19.3 Å². The summed E-state index contributed by atoms with van der Waals surface area (Å²) in [7, 11) is 0. The number of nitro groups is 2. The second-order valence-electron chi connectivity index (χ2n) is 9.02. The quantitative estimate of drug-likeness (QED) is 0.177. The zero-order valence-electron chi connectivity index (χ0n) is 23.7. The van der Waals surface area contributed by atoms with Crippen LogP contribution in [0, 0.1) is 31.9 Å². The van der Waals surface area contributed by atoms with E-state index < -0.39 is 69.4 Å². The lowest BCUT2D eigenvalue weighted by Gasteiger charge is -2.34. The summed E-state index contributed by atoms with van der Waals surface area (Å²) < 4.78 is 47.4. The molecule has 0 aliphatic carbocycles. The summed E-state index contributed by atoms with van der Waals surface area (Å²) in [6.45, 7) is 6.14. The second-order valence-corrected chi connectivity index (χ2v) is 9.49. The second kappa shape index (κ2) is 14.0. The molecule has 0 radical (unpaired) electrons. The fraction of sp³-hybridized carbons (Fsp3) is 0.385. The molecule has 0 spiro atoms. The Morgan fingerprint density at radius 1 is 0.864 bits per heavy atom. The van der Waals surface area contributed by atoms with Crippen molar-refractivity contribution in [3.8, 4) is 11.5 Å².